The lowest BCUT2D eigenvalue weighted by Gasteiger charge is -2.30. The highest BCUT2D eigenvalue weighted by Crippen LogP contribution is 2.38. The first-order chi connectivity index (χ1) is 7.93. The lowest BCUT2D eigenvalue weighted by molar-refractivity contribution is -0.0997. The third-order valence-electron chi connectivity index (χ3n) is 3.56. The van der Waals surface area contributed by atoms with Gasteiger partial charge in [0.2, 0.25) is 0 Å². The average molecular weight is 234 g/mol. The maximum atomic E-state index is 5.59. The number of allylic oxidation sites excluding steroid dienone is 5. The van der Waals surface area contributed by atoms with E-state index >= 15 is 0 Å². The molecule has 2 nitrogen and oxygen atoms in total. The van der Waals surface area contributed by atoms with Crippen molar-refractivity contribution in [3.8, 4) is 0 Å². The highest BCUT2D eigenvalue weighted by atomic mass is 16.7. The predicted octanol–water partition coefficient (Wildman–Crippen LogP) is 3.61. The molecule has 1 saturated heterocycles. The maximum absolute atomic E-state index is 5.59. The van der Waals surface area contributed by atoms with Crippen molar-refractivity contribution in [1.82, 2.24) is 0 Å². The second kappa shape index (κ2) is 4.43. The molecule has 0 radical (unpaired) electrons. The summed E-state index contributed by atoms with van der Waals surface area (Å²) in [7, 11) is 0. The van der Waals surface area contributed by atoms with Gasteiger partial charge in [-0.25, -0.2) is 0 Å². The van der Waals surface area contributed by atoms with Crippen LogP contribution in [-0.4, -0.2) is 19.0 Å². The number of hydrogen-bond acceptors (Lipinski definition) is 2. The van der Waals surface area contributed by atoms with E-state index in [0.717, 1.165) is 6.42 Å². The van der Waals surface area contributed by atoms with Crippen LogP contribution < -0.4 is 0 Å². The molecule has 2 heteroatoms. The molecule has 0 bridgehead atoms. The smallest absolute Gasteiger partial charge is 0.185 e. The van der Waals surface area contributed by atoms with Crippen molar-refractivity contribution in [3.63, 3.8) is 0 Å². The molecule has 17 heavy (non-hydrogen) atoms. The molecule has 1 aliphatic carbocycles. The normalized spacial score (nSPS) is 27.1. The van der Waals surface area contributed by atoms with E-state index in [-0.39, 0.29) is 5.41 Å². The molecule has 0 spiro atoms. The Hall–Kier alpha value is -0.860. The first-order valence-electron chi connectivity index (χ1n) is 6.28. The summed E-state index contributed by atoms with van der Waals surface area (Å²) in [5, 5.41) is 0. The zero-order chi connectivity index (χ0) is 12.5. The van der Waals surface area contributed by atoms with Gasteiger partial charge in [0.1, 0.15) is 0 Å². The van der Waals surface area contributed by atoms with Crippen molar-refractivity contribution < 1.29 is 9.47 Å². The Morgan fingerprint density at radius 2 is 1.82 bits per heavy atom. The Morgan fingerprint density at radius 1 is 1.18 bits per heavy atom. The fraction of sp³-hybridized carbons (Fsp3) is 0.600. The summed E-state index contributed by atoms with van der Waals surface area (Å²) in [6.07, 6.45) is 9.74. The van der Waals surface area contributed by atoms with Crippen LogP contribution in [0.1, 0.15) is 34.1 Å². The lowest BCUT2D eigenvalue weighted by atomic mass is 9.75. The molecule has 0 saturated carbocycles. The standard InChI is InChI=1S/C15H22O2/c1-12-6-5-8-14(2,3)13(12)7-9-15(4)16-10-11-17-15/h5-7,9H,8,10-11H2,1-4H3. The first-order valence-corrected chi connectivity index (χ1v) is 6.28. The van der Waals surface area contributed by atoms with Crippen LogP contribution in [0.25, 0.3) is 0 Å². The van der Waals surface area contributed by atoms with Crippen LogP contribution in [0.15, 0.2) is 35.5 Å². The summed E-state index contributed by atoms with van der Waals surface area (Å²) < 4.78 is 11.2. The summed E-state index contributed by atoms with van der Waals surface area (Å²) in [4.78, 5) is 0. The molecule has 0 aromatic heterocycles. The third kappa shape index (κ3) is 2.70. The topological polar surface area (TPSA) is 18.5 Å². The van der Waals surface area contributed by atoms with Crippen LogP contribution >= 0.6 is 0 Å². The van der Waals surface area contributed by atoms with Crippen LogP contribution in [-0.2, 0) is 9.47 Å². The zero-order valence-corrected chi connectivity index (χ0v) is 11.2. The largest absolute Gasteiger partial charge is 0.344 e. The Labute approximate surface area is 104 Å². The second-order valence-corrected chi connectivity index (χ2v) is 5.63. The van der Waals surface area contributed by atoms with Gasteiger partial charge in [0.25, 0.3) is 0 Å². The Bertz CT molecular complexity index is 380. The van der Waals surface area contributed by atoms with Gasteiger partial charge in [-0.1, -0.05) is 32.1 Å². The van der Waals surface area contributed by atoms with Crippen LogP contribution in [0.2, 0.25) is 0 Å². The van der Waals surface area contributed by atoms with E-state index in [1.165, 1.54) is 11.1 Å². The van der Waals surface area contributed by atoms with Gasteiger partial charge in [-0.15, -0.1) is 0 Å². The molecule has 0 aromatic rings. The maximum Gasteiger partial charge on any atom is 0.185 e. The Morgan fingerprint density at radius 3 is 2.41 bits per heavy atom. The van der Waals surface area contributed by atoms with Crippen LogP contribution in [0.3, 0.4) is 0 Å². The van der Waals surface area contributed by atoms with Gasteiger partial charge in [0.15, 0.2) is 5.79 Å². The molecule has 0 aromatic carbocycles. The summed E-state index contributed by atoms with van der Waals surface area (Å²) in [6, 6.07) is 0. The summed E-state index contributed by atoms with van der Waals surface area (Å²) in [5.74, 6) is -0.537. The van der Waals surface area contributed by atoms with Crippen LogP contribution in [0.5, 0.6) is 0 Å². The molecule has 1 fully saturated rings. The summed E-state index contributed by atoms with van der Waals surface area (Å²) in [6.45, 7) is 10.1. The van der Waals surface area contributed by atoms with E-state index in [1.54, 1.807) is 0 Å². The molecule has 1 heterocycles. The molecule has 2 rings (SSSR count). The van der Waals surface area contributed by atoms with Gasteiger partial charge >= 0.3 is 0 Å². The molecule has 2 aliphatic rings. The van der Waals surface area contributed by atoms with Gasteiger partial charge in [-0.2, -0.15) is 0 Å². The van der Waals surface area contributed by atoms with Crippen LogP contribution in [0.4, 0.5) is 0 Å². The van der Waals surface area contributed by atoms with E-state index < -0.39 is 5.79 Å². The van der Waals surface area contributed by atoms with E-state index in [9.17, 15) is 0 Å². The molecule has 0 unspecified atom stereocenters. The monoisotopic (exact) mass is 234 g/mol. The molecule has 0 amide bonds. The number of ether oxygens (including phenoxy) is 2. The first kappa shape index (κ1) is 12.6. The average Bonchev–Trinajstić information content (AvgIpc) is 2.64. The van der Waals surface area contributed by atoms with Crippen molar-refractivity contribution in [2.24, 2.45) is 5.41 Å². The summed E-state index contributed by atoms with van der Waals surface area (Å²) >= 11 is 0. The van der Waals surface area contributed by atoms with Gasteiger partial charge in [-0.05, 0) is 42.9 Å². The molecule has 1 aliphatic heterocycles. The van der Waals surface area contributed by atoms with Gasteiger partial charge in [0, 0.05) is 0 Å². The van der Waals surface area contributed by atoms with Crippen molar-refractivity contribution in [3.05, 3.63) is 35.5 Å². The minimum atomic E-state index is -0.537. The lowest BCUT2D eigenvalue weighted by Crippen LogP contribution is -2.23. The van der Waals surface area contributed by atoms with Crippen molar-refractivity contribution in [1.29, 1.82) is 0 Å². The Balaban J connectivity index is 2.22. The van der Waals surface area contributed by atoms with Gasteiger partial charge in [-0.3, -0.25) is 0 Å². The van der Waals surface area contributed by atoms with E-state index in [2.05, 4.69) is 39.0 Å². The number of rotatable bonds is 2. The minimum absolute atomic E-state index is 0.199. The number of hydrogen-bond donors (Lipinski definition) is 0. The van der Waals surface area contributed by atoms with E-state index in [0.29, 0.717) is 13.2 Å². The van der Waals surface area contributed by atoms with E-state index in [4.69, 9.17) is 9.47 Å². The predicted molar refractivity (Wildman–Crippen MR) is 69.7 cm³/mol. The molecular weight excluding hydrogens is 212 g/mol. The molecule has 0 N–H and O–H groups in total. The molecule has 94 valence electrons. The third-order valence-corrected chi connectivity index (χ3v) is 3.56. The SMILES string of the molecule is CC1=C(C=CC2(C)OCCO2)C(C)(C)CC=C1. The highest BCUT2D eigenvalue weighted by Gasteiger charge is 2.29. The quantitative estimate of drug-likeness (QED) is 0.726. The fourth-order valence-electron chi connectivity index (χ4n) is 2.48. The minimum Gasteiger partial charge on any atom is -0.344 e. The summed E-state index contributed by atoms with van der Waals surface area (Å²) in [5.41, 5.74) is 2.91. The molecule has 0 atom stereocenters. The Kier molecular flexibility index (Phi) is 3.28. The zero-order valence-electron chi connectivity index (χ0n) is 11.2. The van der Waals surface area contributed by atoms with Crippen molar-refractivity contribution in [2.45, 2.75) is 39.9 Å². The second-order valence-electron chi connectivity index (χ2n) is 5.63. The van der Waals surface area contributed by atoms with Crippen molar-refractivity contribution >= 4 is 0 Å². The van der Waals surface area contributed by atoms with Gasteiger partial charge < -0.3 is 9.47 Å². The van der Waals surface area contributed by atoms with Crippen molar-refractivity contribution in [2.75, 3.05) is 13.2 Å². The highest BCUT2D eigenvalue weighted by molar-refractivity contribution is 5.40. The van der Waals surface area contributed by atoms with Gasteiger partial charge in [0.05, 0.1) is 13.2 Å². The van der Waals surface area contributed by atoms with Crippen LogP contribution in [0, 0.1) is 5.41 Å². The van der Waals surface area contributed by atoms with E-state index in [1.807, 2.05) is 13.0 Å². The fourth-order valence-corrected chi connectivity index (χ4v) is 2.48. The molecular formula is C15H22O2.